The molecular formula is C9H5F2N3O3. The van der Waals surface area contributed by atoms with E-state index in [-0.39, 0.29) is 17.0 Å². The van der Waals surface area contributed by atoms with Gasteiger partial charge in [-0.2, -0.15) is 13.8 Å². The largest absolute Gasteiger partial charge is 0.478 e. The minimum atomic E-state index is -2.87. The van der Waals surface area contributed by atoms with Crippen LogP contribution in [0.4, 0.5) is 8.78 Å². The highest BCUT2D eigenvalue weighted by molar-refractivity contribution is 5.88. The van der Waals surface area contributed by atoms with E-state index < -0.39 is 18.3 Å². The summed E-state index contributed by atoms with van der Waals surface area (Å²) in [5.41, 5.74) is 0.103. The molecule has 0 aliphatic carbocycles. The number of carboxylic acid groups (broad SMARTS) is 1. The molecule has 6 nitrogen and oxygen atoms in total. The van der Waals surface area contributed by atoms with Crippen molar-refractivity contribution in [3.05, 3.63) is 29.9 Å². The summed E-state index contributed by atoms with van der Waals surface area (Å²) in [6, 6.07) is 1.22. The molecule has 0 aliphatic heterocycles. The van der Waals surface area contributed by atoms with Crippen molar-refractivity contribution in [3.63, 3.8) is 0 Å². The molecule has 2 rings (SSSR count). The molecule has 2 aromatic heterocycles. The molecule has 0 aliphatic rings. The fourth-order valence-corrected chi connectivity index (χ4v) is 1.12. The zero-order chi connectivity index (χ0) is 12.4. The molecule has 17 heavy (non-hydrogen) atoms. The lowest BCUT2D eigenvalue weighted by Crippen LogP contribution is -1.97. The van der Waals surface area contributed by atoms with Gasteiger partial charge in [0.1, 0.15) is 0 Å². The number of hydrogen-bond acceptors (Lipinski definition) is 5. The van der Waals surface area contributed by atoms with Gasteiger partial charge in [-0.05, 0) is 6.07 Å². The number of hydrogen-bond donors (Lipinski definition) is 1. The second kappa shape index (κ2) is 4.24. The van der Waals surface area contributed by atoms with Gasteiger partial charge in [-0.1, -0.05) is 5.16 Å². The molecule has 0 aromatic carbocycles. The summed E-state index contributed by atoms with van der Waals surface area (Å²) >= 11 is 0. The predicted molar refractivity (Wildman–Crippen MR) is 49.4 cm³/mol. The Kier molecular flexibility index (Phi) is 2.77. The topological polar surface area (TPSA) is 89.1 Å². The molecule has 0 bridgehead atoms. The Bertz CT molecular complexity index is 556. The van der Waals surface area contributed by atoms with E-state index in [9.17, 15) is 13.6 Å². The highest BCUT2D eigenvalue weighted by Crippen LogP contribution is 2.21. The van der Waals surface area contributed by atoms with Crippen molar-refractivity contribution in [2.75, 3.05) is 0 Å². The highest BCUT2D eigenvalue weighted by Gasteiger charge is 2.18. The summed E-state index contributed by atoms with van der Waals surface area (Å²) in [7, 11) is 0. The third-order valence-electron chi connectivity index (χ3n) is 1.87. The van der Waals surface area contributed by atoms with Crippen LogP contribution < -0.4 is 0 Å². The van der Waals surface area contributed by atoms with E-state index in [1.807, 2.05) is 0 Å². The summed E-state index contributed by atoms with van der Waals surface area (Å²) < 4.78 is 28.7. The first-order valence-corrected chi connectivity index (χ1v) is 4.38. The van der Waals surface area contributed by atoms with Gasteiger partial charge < -0.3 is 9.63 Å². The maximum Gasteiger partial charge on any atom is 0.337 e. The zero-order valence-corrected chi connectivity index (χ0v) is 8.17. The molecule has 0 amide bonds. The van der Waals surface area contributed by atoms with Crippen molar-refractivity contribution in [2.45, 2.75) is 6.43 Å². The molecule has 0 saturated heterocycles. The predicted octanol–water partition coefficient (Wildman–Crippen LogP) is 1.77. The Morgan fingerprint density at radius 1 is 1.41 bits per heavy atom. The second-order valence-corrected chi connectivity index (χ2v) is 3.02. The van der Waals surface area contributed by atoms with E-state index in [2.05, 4.69) is 19.6 Å². The van der Waals surface area contributed by atoms with Gasteiger partial charge in [-0.25, -0.2) is 4.79 Å². The van der Waals surface area contributed by atoms with Crippen molar-refractivity contribution in [3.8, 4) is 11.4 Å². The van der Waals surface area contributed by atoms with Crippen LogP contribution in [0.3, 0.4) is 0 Å². The van der Waals surface area contributed by atoms with Gasteiger partial charge in [-0.3, -0.25) is 4.98 Å². The van der Waals surface area contributed by atoms with Crippen LogP contribution in [0.5, 0.6) is 0 Å². The molecule has 0 unspecified atom stereocenters. The van der Waals surface area contributed by atoms with E-state index >= 15 is 0 Å². The van der Waals surface area contributed by atoms with Gasteiger partial charge in [0.25, 0.3) is 5.89 Å². The molecule has 2 aromatic rings. The minimum absolute atomic E-state index is 0.0918. The van der Waals surface area contributed by atoms with E-state index in [1.54, 1.807) is 0 Å². The van der Waals surface area contributed by atoms with Crippen LogP contribution in [0.25, 0.3) is 11.4 Å². The molecule has 88 valence electrons. The second-order valence-electron chi connectivity index (χ2n) is 3.02. The smallest absolute Gasteiger partial charge is 0.337 e. The average Bonchev–Trinajstić information content (AvgIpc) is 2.78. The van der Waals surface area contributed by atoms with E-state index in [1.165, 1.54) is 12.3 Å². The number of alkyl halides is 2. The number of rotatable bonds is 3. The van der Waals surface area contributed by atoms with E-state index in [0.717, 1.165) is 6.20 Å². The van der Waals surface area contributed by atoms with Crippen molar-refractivity contribution in [1.29, 1.82) is 0 Å². The Labute approximate surface area is 92.9 Å². The Morgan fingerprint density at radius 2 is 2.18 bits per heavy atom. The minimum Gasteiger partial charge on any atom is -0.478 e. The number of carbonyl (C=O) groups is 1. The summed E-state index contributed by atoms with van der Waals surface area (Å²) in [5.74, 6) is -2.13. The van der Waals surface area contributed by atoms with Gasteiger partial charge in [0.05, 0.1) is 5.56 Å². The maximum atomic E-state index is 12.2. The van der Waals surface area contributed by atoms with Crippen LogP contribution in [0.1, 0.15) is 22.7 Å². The van der Waals surface area contributed by atoms with Crippen molar-refractivity contribution in [2.24, 2.45) is 0 Å². The molecule has 0 saturated carbocycles. The van der Waals surface area contributed by atoms with Crippen LogP contribution in [-0.2, 0) is 0 Å². The number of carboxylic acids is 1. The molecule has 1 N–H and O–H groups in total. The first-order chi connectivity index (χ1) is 8.08. The van der Waals surface area contributed by atoms with Crippen molar-refractivity contribution >= 4 is 5.97 Å². The van der Waals surface area contributed by atoms with Crippen molar-refractivity contribution in [1.82, 2.24) is 15.1 Å². The summed E-state index contributed by atoms with van der Waals surface area (Å²) in [6.07, 6.45) is -0.487. The normalized spacial score (nSPS) is 10.8. The summed E-state index contributed by atoms with van der Waals surface area (Å²) in [4.78, 5) is 17.7. The number of aromatic carboxylic acids is 1. The molecule has 2 heterocycles. The SMILES string of the molecule is O=C(O)c1cncc(-c2noc(C(F)F)n2)c1. The van der Waals surface area contributed by atoms with Crippen LogP contribution in [-0.4, -0.2) is 26.2 Å². The molecule has 0 spiro atoms. The van der Waals surface area contributed by atoms with E-state index in [4.69, 9.17) is 5.11 Å². The lowest BCUT2D eigenvalue weighted by molar-refractivity contribution is 0.0696. The monoisotopic (exact) mass is 241 g/mol. The van der Waals surface area contributed by atoms with E-state index in [0.29, 0.717) is 0 Å². The third-order valence-corrected chi connectivity index (χ3v) is 1.87. The van der Waals surface area contributed by atoms with Gasteiger partial charge >= 0.3 is 12.4 Å². The van der Waals surface area contributed by atoms with Crippen LogP contribution in [0, 0.1) is 0 Å². The maximum absolute atomic E-state index is 12.2. The van der Waals surface area contributed by atoms with Gasteiger partial charge in [0, 0.05) is 18.0 Å². The number of nitrogens with zero attached hydrogens (tertiary/aromatic N) is 3. The zero-order valence-electron chi connectivity index (χ0n) is 8.17. The van der Waals surface area contributed by atoms with Crippen LogP contribution in [0.15, 0.2) is 23.0 Å². The molecule has 0 fully saturated rings. The fraction of sp³-hybridized carbons (Fsp3) is 0.111. The number of aromatic nitrogens is 3. The number of pyridine rings is 1. The number of halogens is 2. The van der Waals surface area contributed by atoms with Gasteiger partial charge in [-0.15, -0.1) is 0 Å². The lowest BCUT2D eigenvalue weighted by Gasteiger charge is -1.95. The quantitative estimate of drug-likeness (QED) is 0.880. The Morgan fingerprint density at radius 3 is 2.76 bits per heavy atom. The first kappa shape index (κ1) is 11.1. The lowest BCUT2D eigenvalue weighted by atomic mass is 10.2. The fourth-order valence-electron chi connectivity index (χ4n) is 1.12. The average molecular weight is 241 g/mol. The summed E-state index contributed by atoms with van der Waals surface area (Å²) in [6.45, 7) is 0. The van der Waals surface area contributed by atoms with Crippen molar-refractivity contribution < 1.29 is 23.2 Å². The Balaban J connectivity index is 2.38. The molecule has 0 atom stereocenters. The molecule has 8 heteroatoms. The first-order valence-electron chi connectivity index (χ1n) is 4.38. The summed E-state index contributed by atoms with van der Waals surface area (Å²) in [5, 5.41) is 12.0. The standard InChI is InChI=1S/C9H5F2N3O3/c10-6(11)8-13-7(14-17-8)4-1-5(9(15)16)3-12-2-4/h1-3,6H,(H,15,16). The van der Waals surface area contributed by atoms with Gasteiger partial charge in [0.2, 0.25) is 5.82 Å². The molecule has 0 radical (unpaired) electrons. The Hall–Kier alpha value is -2.38. The molecular weight excluding hydrogens is 236 g/mol. The van der Waals surface area contributed by atoms with Gasteiger partial charge in [0.15, 0.2) is 0 Å². The highest BCUT2D eigenvalue weighted by atomic mass is 19.3. The van der Waals surface area contributed by atoms with Crippen LogP contribution >= 0.6 is 0 Å². The van der Waals surface area contributed by atoms with Crippen LogP contribution in [0.2, 0.25) is 0 Å². The third kappa shape index (κ3) is 2.25.